The molecule has 132 valence electrons. The summed E-state index contributed by atoms with van der Waals surface area (Å²) in [7, 11) is 0. The van der Waals surface area contributed by atoms with Crippen LogP contribution in [0, 0.1) is 0 Å². The maximum absolute atomic E-state index is 12.5. The number of rotatable bonds is 4. The first kappa shape index (κ1) is 17.0. The maximum Gasteiger partial charge on any atom is 0.263 e. The van der Waals surface area contributed by atoms with Crippen molar-refractivity contribution >= 4 is 34.0 Å². The molecule has 1 aliphatic carbocycles. The van der Waals surface area contributed by atoms with Crippen LogP contribution in [0.25, 0.3) is 0 Å². The highest BCUT2D eigenvalue weighted by Gasteiger charge is 2.19. The van der Waals surface area contributed by atoms with E-state index >= 15 is 0 Å². The molecule has 26 heavy (non-hydrogen) atoms. The second kappa shape index (κ2) is 7.05. The van der Waals surface area contributed by atoms with Gasteiger partial charge in [0.1, 0.15) is 5.56 Å². The predicted octanol–water partition coefficient (Wildman–Crippen LogP) is 3.82. The highest BCUT2D eigenvalue weighted by Crippen LogP contribution is 2.25. The molecule has 0 atom stereocenters. The quantitative estimate of drug-likeness (QED) is 0.717. The first-order chi connectivity index (χ1) is 12.6. The Balaban J connectivity index is 1.50. The molecule has 0 spiro atoms. The second-order valence-corrected chi connectivity index (χ2v) is 7.75. The number of carbonyl (C=O) groups is 1. The Bertz CT molecular complexity index is 1040. The van der Waals surface area contributed by atoms with Gasteiger partial charge in [0.15, 0.2) is 5.13 Å². The van der Waals surface area contributed by atoms with E-state index in [4.69, 9.17) is 11.6 Å². The number of pyridine rings is 1. The topological polar surface area (TPSA) is 74.8 Å². The summed E-state index contributed by atoms with van der Waals surface area (Å²) in [5, 5.41) is 3.90. The first-order valence-electron chi connectivity index (χ1n) is 8.34. The molecule has 1 aliphatic rings. The third kappa shape index (κ3) is 3.43. The van der Waals surface area contributed by atoms with E-state index in [2.05, 4.69) is 15.3 Å². The van der Waals surface area contributed by atoms with Crippen LogP contribution in [0.4, 0.5) is 5.13 Å². The van der Waals surface area contributed by atoms with Gasteiger partial charge in [-0.05, 0) is 42.5 Å². The van der Waals surface area contributed by atoms with Crippen molar-refractivity contribution in [2.75, 3.05) is 5.32 Å². The normalized spacial score (nSPS) is 12.8. The zero-order valence-corrected chi connectivity index (χ0v) is 15.4. The van der Waals surface area contributed by atoms with E-state index in [0.717, 1.165) is 41.0 Å². The fraction of sp³-hybridized carbons (Fsp3) is 0.211. The molecular weight excluding hydrogens is 370 g/mol. The molecule has 5 nitrogen and oxygen atoms in total. The zero-order chi connectivity index (χ0) is 18.1. The number of aromatic nitrogens is 2. The first-order valence-corrected chi connectivity index (χ1v) is 9.54. The standard InChI is InChI=1S/C19H16ClN3O2S/c20-15-6-2-1-4-11(15)8-13-10-21-19(26-13)23-18(25)14-9-12-5-3-7-16(12)22-17(14)24/h1-2,4,6,9-10H,3,5,7-8H2,(H,22,24)(H,21,23,25). The molecule has 0 bridgehead atoms. The molecule has 0 saturated heterocycles. The molecule has 2 N–H and O–H groups in total. The van der Waals surface area contributed by atoms with E-state index in [1.165, 1.54) is 11.3 Å². The van der Waals surface area contributed by atoms with E-state index in [-0.39, 0.29) is 11.1 Å². The third-order valence-electron chi connectivity index (χ3n) is 4.43. The van der Waals surface area contributed by atoms with Gasteiger partial charge in [0, 0.05) is 28.2 Å². The zero-order valence-electron chi connectivity index (χ0n) is 13.8. The number of aryl methyl sites for hydroxylation is 2. The summed E-state index contributed by atoms with van der Waals surface area (Å²) in [6.07, 6.45) is 5.13. The average Bonchev–Trinajstić information content (AvgIpc) is 3.25. The lowest BCUT2D eigenvalue weighted by molar-refractivity contribution is 0.102. The number of thiazole rings is 1. The van der Waals surface area contributed by atoms with Crippen molar-refractivity contribution in [2.45, 2.75) is 25.7 Å². The number of nitrogens with zero attached hydrogens (tertiary/aromatic N) is 1. The van der Waals surface area contributed by atoms with Gasteiger partial charge in [-0.3, -0.25) is 14.9 Å². The lowest BCUT2D eigenvalue weighted by Gasteiger charge is -2.04. The summed E-state index contributed by atoms with van der Waals surface area (Å²) < 4.78 is 0. The Morgan fingerprint density at radius 2 is 2.15 bits per heavy atom. The third-order valence-corrected chi connectivity index (χ3v) is 5.71. The summed E-state index contributed by atoms with van der Waals surface area (Å²) in [6, 6.07) is 9.34. The van der Waals surface area contributed by atoms with Gasteiger partial charge in [-0.25, -0.2) is 4.98 Å². The van der Waals surface area contributed by atoms with Gasteiger partial charge in [-0.2, -0.15) is 0 Å². The second-order valence-electron chi connectivity index (χ2n) is 6.22. The smallest absolute Gasteiger partial charge is 0.263 e. The Labute approximate surface area is 159 Å². The lowest BCUT2D eigenvalue weighted by Crippen LogP contribution is -2.24. The predicted molar refractivity (Wildman–Crippen MR) is 103 cm³/mol. The van der Waals surface area contributed by atoms with Gasteiger partial charge in [0.2, 0.25) is 0 Å². The number of anilines is 1. The molecule has 0 fully saturated rings. The SMILES string of the molecule is O=C(Nc1ncc(Cc2ccccc2Cl)s1)c1cc2c([nH]c1=O)CCC2. The average molecular weight is 386 g/mol. The van der Waals surface area contributed by atoms with Crippen LogP contribution in [-0.2, 0) is 19.3 Å². The molecule has 3 aromatic rings. The van der Waals surface area contributed by atoms with Gasteiger partial charge in [-0.1, -0.05) is 29.8 Å². The van der Waals surface area contributed by atoms with Crippen LogP contribution in [-0.4, -0.2) is 15.9 Å². The molecule has 0 aliphatic heterocycles. The van der Waals surface area contributed by atoms with Crippen LogP contribution in [0.15, 0.2) is 41.3 Å². The minimum absolute atomic E-state index is 0.133. The van der Waals surface area contributed by atoms with Crippen molar-refractivity contribution in [1.82, 2.24) is 9.97 Å². The van der Waals surface area contributed by atoms with E-state index < -0.39 is 5.91 Å². The Morgan fingerprint density at radius 3 is 3.00 bits per heavy atom. The summed E-state index contributed by atoms with van der Waals surface area (Å²) in [6.45, 7) is 0. The van der Waals surface area contributed by atoms with E-state index in [0.29, 0.717) is 16.6 Å². The van der Waals surface area contributed by atoms with Gasteiger partial charge < -0.3 is 4.98 Å². The van der Waals surface area contributed by atoms with Crippen LogP contribution < -0.4 is 10.9 Å². The minimum Gasteiger partial charge on any atom is -0.325 e. The number of halogens is 1. The molecular formula is C19H16ClN3O2S. The number of nitrogens with one attached hydrogen (secondary N) is 2. The summed E-state index contributed by atoms with van der Waals surface area (Å²) in [5.74, 6) is -0.431. The van der Waals surface area contributed by atoms with Gasteiger partial charge in [0.25, 0.3) is 11.5 Å². The molecule has 0 unspecified atom stereocenters. The van der Waals surface area contributed by atoms with Crippen LogP contribution in [0.1, 0.15) is 38.5 Å². The van der Waals surface area contributed by atoms with Crippen molar-refractivity contribution in [3.63, 3.8) is 0 Å². The molecule has 0 saturated carbocycles. The number of hydrogen-bond acceptors (Lipinski definition) is 4. The highest BCUT2D eigenvalue weighted by atomic mass is 35.5. The fourth-order valence-electron chi connectivity index (χ4n) is 3.12. The summed E-state index contributed by atoms with van der Waals surface area (Å²) in [4.78, 5) is 32.7. The number of aromatic amines is 1. The van der Waals surface area contributed by atoms with E-state index in [9.17, 15) is 9.59 Å². The van der Waals surface area contributed by atoms with Crippen LogP contribution in [0.2, 0.25) is 5.02 Å². The van der Waals surface area contributed by atoms with Gasteiger partial charge in [0.05, 0.1) is 0 Å². The molecule has 1 amide bonds. The van der Waals surface area contributed by atoms with Crippen molar-refractivity contribution < 1.29 is 4.79 Å². The number of hydrogen-bond donors (Lipinski definition) is 2. The summed E-state index contributed by atoms with van der Waals surface area (Å²) in [5.41, 5.74) is 2.78. The van der Waals surface area contributed by atoms with E-state index in [1.807, 2.05) is 24.3 Å². The van der Waals surface area contributed by atoms with Gasteiger partial charge in [-0.15, -0.1) is 11.3 Å². The number of fused-ring (bicyclic) bond motifs is 1. The monoisotopic (exact) mass is 385 g/mol. The van der Waals surface area contributed by atoms with Crippen molar-refractivity contribution in [2.24, 2.45) is 0 Å². The Morgan fingerprint density at radius 1 is 1.31 bits per heavy atom. The maximum atomic E-state index is 12.5. The molecule has 0 radical (unpaired) electrons. The number of amides is 1. The Kier molecular flexibility index (Phi) is 4.61. The van der Waals surface area contributed by atoms with Crippen LogP contribution >= 0.6 is 22.9 Å². The van der Waals surface area contributed by atoms with Crippen molar-refractivity contribution in [3.05, 3.63) is 79.2 Å². The molecule has 7 heteroatoms. The van der Waals surface area contributed by atoms with Crippen LogP contribution in [0.3, 0.4) is 0 Å². The molecule has 2 heterocycles. The lowest BCUT2D eigenvalue weighted by atomic mass is 10.1. The number of carbonyl (C=O) groups excluding carboxylic acids is 1. The van der Waals surface area contributed by atoms with E-state index in [1.54, 1.807) is 12.3 Å². The molecule has 1 aromatic carbocycles. The van der Waals surface area contributed by atoms with Crippen molar-refractivity contribution in [1.29, 1.82) is 0 Å². The fourth-order valence-corrected chi connectivity index (χ4v) is 4.16. The highest BCUT2D eigenvalue weighted by molar-refractivity contribution is 7.15. The summed E-state index contributed by atoms with van der Waals surface area (Å²) >= 11 is 7.56. The van der Waals surface area contributed by atoms with Gasteiger partial charge >= 0.3 is 0 Å². The minimum atomic E-state index is -0.431. The molecule has 4 rings (SSSR count). The van der Waals surface area contributed by atoms with Crippen molar-refractivity contribution in [3.8, 4) is 0 Å². The van der Waals surface area contributed by atoms with Crippen LogP contribution in [0.5, 0.6) is 0 Å². The number of H-pyrrole nitrogens is 1. The number of benzene rings is 1. The molecule has 2 aromatic heterocycles. The largest absolute Gasteiger partial charge is 0.325 e. The Hall–Kier alpha value is -2.44.